The fourth-order valence-corrected chi connectivity index (χ4v) is 4.15. The third kappa shape index (κ3) is 5.23. The Labute approximate surface area is 201 Å². The Morgan fingerprint density at radius 1 is 1.06 bits per heavy atom. The second kappa shape index (κ2) is 9.47. The molecular weight excluding hydrogens is 491 g/mol. The first-order valence-corrected chi connectivity index (χ1v) is 11.5. The van der Waals surface area contributed by atoms with E-state index in [-0.39, 0.29) is 18.0 Å². The summed E-state index contributed by atoms with van der Waals surface area (Å²) in [5.41, 5.74) is 0.785. The van der Waals surface area contributed by atoms with Crippen LogP contribution in [0, 0.1) is 0 Å². The molecule has 0 atom stereocenters. The van der Waals surface area contributed by atoms with Gasteiger partial charge in [-0.15, -0.1) is 11.8 Å². The van der Waals surface area contributed by atoms with Gasteiger partial charge >= 0.3 is 12.2 Å². The molecule has 0 aromatic heterocycles. The zero-order valence-corrected chi connectivity index (χ0v) is 19.1. The molecule has 0 saturated heterocycles. The van der Waals surface area contributed by atoms with Crippen molar-refractivity contribution in [2.24, 2.45) is 0 Å². The summed E-state index contributed by atoms with van der Waals surface area (Å²) in [6.07, 6.45) is -2.52. The van der Waals surface area contributed by atoms with Crippen LogP contribution in [0.15, 0.2) is 59.5 Å². The van der Waals surface area contributed by atoms with Crippen molar-refractivity contribution < 1.29 is 27.5 Å². The van der Waals surface area contributed by atoms with Crippen molar-refractivity contribution in [1.82, 2.24) is 0 Å². The number of urea groups is 1. The van der Waals surface area contributed by atoms with Gasteiger partial charge in [-0.25, -0.2) is 4.79 Å². The molecule has 4 rings (SSSR count). The van der Waals surface area contributed by atoms with Gasteiger partial charge in [0.05, 0.1) is 27.6 Å². The summed E-state index contributed by atoms with van der Waals surface area (Å²) in [7, 11) is 0. The summed E-state index contributed by atoms with van der Waals surface area (Å²) in [6, 6.07) is 12.7. The van der Waals surface area contributed by atoms with Crippen molar-refractivity contribution in [3.63, 3.8) is 0 Å². The van der Waals surface area contributed by atoms with Gasteiger partial charge in [0.15, 0.2) is 5.75 Å². The van der Waals surface area contributed by atoms with Crippen LogP contribution in [0.1, 0.15) is 11.1 Å². The average Bonchev–Trinajstić information content (AvgIpc) is 3.16. The first kappa shape index (κ1) is 23.8. The standard InChI is InChI=1S/C23H17ClF3N3O3S/c1-34-19-11-14(29-22(32)28-13-5-7-16(24)15(10-13)23(25,26)27)6-8-17(19)33-18-4-2-3-12-9-20(31)30-21(12)18/h2-8,10-11H,9H2,1H3,(H,30,31)(H2,28,29,32). The van der Waals surface area contributed by atoms with Gasteiger partial charge in [0.25, 0.3) is 0 Å². The maximum absolute atomic E-state index is 13.0. The minimum absolute atomic E-state index is 0.0563. The Kier molecular flexibility index (Phi) is 6.63. The zero-order chi connectivity index (χ0) is 24.5. The van der Waals surface area contributed by atoms with Crippen LogP contribution in [-0.4, -0.2) is 18.2 Å². The van der Waals surface area contributed by atoms with Crippen molar-refractivity contribution in [3.05, 3.63) is 70.7 Å². The lowest BCUT2D eigenvalue weighted by Crippen LogP contribution is -2.20. The lowest BCUT2D eigenvalue weighted by atomic mass is 10.1. The molecule has 1 aliphatic heterocycles. The molecule has 1 aliphatic rings. The summed E-state index contributed by atoms with van der Waals surface area (Å²) in [5.74, 6) is 0.908. The van der Waals surface area contributed by atoms with Gasteiger partial charge in [-0.1, -0.05) is 23.7 Å². The molecule has 34 heavy (non-hydrogen) atoms. The molecule has 0 unspecified atom stereocenters. The number of halogens is 4. The third-order valence-electron chi connectivity index (χ3n) is 4.90. The largest absolute Gasteiger partial charge is 0.454 e. The van der Waals surface area contributed by atoms with Gasteiger partial charge in [0, 0.05) is 11.4 Å². The highest BCUT2D eigenvalue weighted by Crippen LogP contribution is 2.40. The summed E-state index contributed by atoms with van der Waals surface area (Å²) >= 11 is 6.98. The van der Waals surface area contributed by atoms with Gasteiger partial charge < -0.3 is 20.7 Å². The van der Waals surface area contributed by atoms with E-state index in [1.807, 2.05) is 12.3 Å². The number of fused-ring (bicyclic) bond motifs is 1. The maximum atomic E-state index is 13.0. The molecule has 3 N–H and O–H groups in total. The number of nitrogens with one attached hydrogen (secondary N) is 3. The molecule has 0 spiro atoms. The van der Waals surface area contributed by atoms with Gasteiger partial charge in [0.1, 0.15) is 5.75 Å². The van der Waals surface area contributed by atoms with Crippen LogP contribution in [0.2, 0.25) is 5.02 Å². The number of carbonyl (C=O) groups is 2. The van der Waals surface area contributed by atoms with Crippen LogP contribution >= 0.6 is 23.4 Å². The highest BCUT2D eigenvalue weighted by molar-refractivity contribution is 7.98. The predicted molar refractivity (Wildman–Crippen MR) is 126 cm³/mol. The molecule has 11 heteroatoms. The Morgan fingerprint density at radius 2 is 1.76 bits per heavy atom. The Hall–Kier alpha value is -3.37. The van der Waals surface area contributed by atoms with Crippen molar-refractivity contribution in [1.29, 1.82) is 0 Å². The van der Waals surface area contributed by atoms with Crippen LogP contribution < -0.4 is 20.7 Å². The van der Waals surface area contributed by atoms with Crippen molar-refractivity contribution in [2.45, 2.75) is 17.5 Å². The van der Waals surface area contributed by atoms with Crippen LogP contribution in [0.5, 0.6) is 11.5 Å². The van der Waals surface area contributed by atoms with Gasteiger partial charge in [-0.05, 0) is 54.3 Å². The fourth-order valence-electron chi connectivity index (χ4n) is 3.37. The number of hydrogen-bond donors (Lipinski definition) is 3. The van der Waals surface area contributed by atoms with Crippen LogP contribution in [-0.2, 0) is 17.4 Å². The molecule has 0 aliphatic carbocycles. The molecule has 0 fully saturated rings. The second-order valence-corrected chi connectivity index (χ2v) is 8.51. The Morgan fingerprint density at radius 3 is 2.47 bits per heavy atom. The maximum Gasteiger partial charge on any atom is 0.417 e. The van der Waals surface area contributed by atoms with Crippen LogP contribution in [0.25, 0.3) is 0 Å². The summed E-state index contributed by atoms with van der Waals surface area (Å²) in [4.78, 5) is 24.8. The first-order chi connectivity index (χ1) is 16.1. The quantitative estimate of drug-likeness (QED) is 0.324. The van der Waals surface area contributed by atoms with Crippen LogP contribution in [0.4, 0.5) is 35.0 Å². The molecule has 0 bridgehead atoms. The number of alkyl halides is 3. The molecule has 176 valence electrons. The molecule has 0 radical (unpaired) electrons. The minimum atomic E-state index is -4.64. The number of carbonyl (C=O) groups excluding carboxylic acids is 2. The lowest BCUT2D eigenvalue weighted by molar-refractivity contribution is -0.137. The number of amides is 3. The van der Waals surface area contributed by atoms with E-state index in [0.29, 0.717) is 27.8 Å². The fraction of sp³-hybridized carbons (Fsp3) is 0.130. The molecule has 0 saturated carbocycles. The molecular formula is C23H17ClF3N3O3S. The molecule has 6 nitrogen and oxygen atoms in total. The minimum Gasteiger partial charge on any atom is -0.454 e. The first-order valence-electron chi connectivity index (χ1n) is 9.86. The van der Waals surface area contributed by atoms with E-state index >= 15 is 0 Å². The van der Waals surface area contributed by atoms with E-state index < -0.39 is 22.8 Å². The van der Waals surface area contributed by atoms with Crippen molar-refractivity contribution in [3.8, 4) is 11.5 Å². The third-order valence-corrected chi connectivity index (χ3v) is 5.99. The molecule has 3 amide bonds. The molecule has 3 aromatic carbocycles. The van der Waals surface area contributed by atoms with E-state index in [0.717, 1.165) is 17.7 Å². The van der Waals surface area contributed by atoms with Gasteiger partial charge in [-0.2, -0.15) is 13.2 Å². The van der Waals surface area contributed by atoms with E-state index in [1.165, 1.54) is 17.8 Å². The monoisotopic (exact) mass is 507 g/mol. The normalized spacial score (nSPS) is 12.7. The molecule has 1 heterocycles. The van der Waals surface area contributed by atoms with E-state index in [4.69, 9.17) is 16.3 Å². The van der Waals surface area contributed by atoms with Crippen molar-refractivity contribution >= 4 is 52.4 Å². The Balaban J connectivity index is 1.48. The number of hydrogen-bond acceptors (Lipinski definition) is 4. The van der Waals surface area contributed by atoms with E-state index in [9.17, 15) is 22.8 Å². The number of anilines is 3. The Bertz CT molecular complexity index is 1280. The number of rotatable bonds is 5. The van der Waals surface area contributed by atoms with Crippen LogP contribution in [0.3, 0.4) is 0 Å². The topological polar surface area (TPSA) is 79.5 Å². The lowest BCUT2D eigenvalue weighted by Gasteiger charge is -2.15. The molecule has 3 aromatic rings. The highest BCUT2D eigenvalue weighted by atomic mass is 35.5. The smallest absolute Gasteiger partial charge is 0.417 e. The van der Waals surface area contributed by atoms with Gasteiger partial charge in [-0.3, -0.25) is 4.79 Å². The van der Waals surface area contributed by atoms with Gasteiger partial charge in [0.2, 0.25) is 5.91 Å². The second-order valence-electron chi connectivity index (χ2n) is 7.25. The van der Waals surface area contributed by atoms with E-state index in [1.54, 1.807) is 30.3 Å². The van der Waals surface area contributed by atoms with Crippen molar-refractivity contribution in [2.75, 3.05) is 22.2 Å². The SMILES string of the molecule is CSc1cc(NC(=O)Nc2ccc(Cl)c(C(F)(F)F)c2)ccc1Oc1cccc2c1NC(=O)C2. The predicted octanol–water partition coefficient (Wildman–Crippen LogP) is 7.01. The summed E-state index contributed by atoms with van der Waals surface area (Å²) < 4.78 is 45.1. The summed E-state index contributed by atoms with van der Waals surface area (Å²) in [6.45, 7) is 0. The average molecular weight is 508 g/mol. The number of thioether (sulfide) groups is 1. The number of ether oxygens (including phenoxy) is 1. The number of para-hydroxylation sites is 1. The highest BCUT2D eigenvalue weighted by Gasteiger charge is 2.33. The van der Waals surface area contributed by atoms with E-state index in [2.05, 4.69) is 16.0 Å². The zero-order valence-electron chi connectivity index (χ0n) is 17.5. The number of benzene rings is 3. The summed E-state index contributed by atoms with van der Waals surface area (Å²) in [5, 5.41) is 7.28.